The van der Waals surface area contributed by atoms with Crippen LogP contribution in [-0.2, 0) is 19.1 Å². The zero-order valence-electron chi connectivity index (χ0n) is 19.2. The van der Waals surface area contributed by atoms with Crippen molar-refractivity contribution in [2.45, 2.75) is 102 Å². The summed E-state index contributed by atoms with van der Waals surface area (Å²) in [6.07, 6.45) is 15.9. The number of ether oxygens (including phenoxy) is 1. The number of rotatable bonds is 14. The standard InChI is InChI=1S/C24H38ClN3O4/c1-2-3-4-5-6-7-8-9-10-11-22(29)26-16-23(30)28-27-15-18-17-32-21-13-12-19(25)14-20(21)24(18)31/h15,17,19-21H,2-14,16H2,1H3,(H,26,29)(H,28,30)/b27-15+. The number of nitrogens with one attached hydrogen (secondary N) is 2. The van der Waals surface area contributed by atoms with E-state index in [1.54, 1.807) is 0 Å². The normalized spacial score (nSPS) is 22.8. The number of fused-ring (bicyclic) bond motifs is 1. The van der Waals surface area contributed by atoms with E-state index in [1.165, 1.54) is 51.0 Å². The van der Waals surface area contributed by atoms with E-state index < -0.39 is 5.91 Å². The van der Waals surface area contributed by atoms with E-state index in [2.05, 4.69) is 22.8 Å². The third-order valence-electron chi connectivity index (χ3n) is 6.06. The molecule has 2 aliphatic rings. The number of hydrazone groups is 1. The second-order valence-electron chi connectivity index (χ2n) is 8.78. The van der Waals surface area contributed by atoms with Gasteiger partial charge in [-0.2, -0.15) is 5.10 Å². The van der Waals surface area contributed by atoms with Crippen molar-refractivity contribution in [3.63, 3.8) is 0 Å². The van der Waals surface area contributed by atoms with Gasteiger partial charge in [0.2, 0.25) is 5.91 Å². The summed E-state index contributed by atoms with van der Waals surface area (Å²) in [6.45, 7) is 2.08. The van der Waals surface area contributed by atoms with Crippen LogP contribution in [0.5, 0.6) is 0 Å². The Hall–Kier alpha value is -1.89. The molecular formula is C24H38ClN3O4. The van der Waals surface area contributed by atoms with Gasteiger partial charge in [-0.05, 0) is 25.7 Å². The van der Waals surface area contributed by atoms with Gasteiger partial charge in [-0.15, -0.1) is 11.6 Å². The number of nitrogens with zero attached hydrogens (tertiary/aromatic N) is 1. The first-order valence-electron chi connectivity index (χ1n) is 12.1. The van der Waals surface area contributed by atoms with Crippen LogP contribution in [-0.4, -0.2) is 41.8 Å². The van der Waals surface area contributed by atoms with Gasteiger partial charge in [-0.3, -0.25) is 14.4 Å². The third kappa shape index (κ3) is 9.72. The fourth-order valence-electron chi connectivity index (χ4n) is 4.13. The fraction of sp³-hybridized carbons (Fsp3) is 0.750. The molecule has 1 fully saturated rings. The molecule has 0 radical (unpaired) electrons. The molecule has 1 aliphatic carbocycles. The monoisotopic (exact) mass is 467 g/mol. The van der Waals surface area contributed by atoms with E-state index in [4.69, 9.17) is 16.3 Å². The predicted molar refractivity (Wildman–Crippen MR) is 126 cm³/mol. The van der Waals surface area contributed by atoms with Crippen molar-refractivity contribution in [3.8, 4) is 0 Å². The molecule has 3 atom stereocenters. The number of hydrogen-bond acceptors (Lipinski definition) is 5. The molecule has 1 saturated carbocycles. The summed E-state index contributed by atoms with van der Waals surface area (Å²) in [6, 6.07) is 0. The van der Waals surface area contributed by atoms with E-state index in [-0.39, 0.29) is 35.6 Å². The zero-order chi connectivity index (χ0) is 23.2. The predicted octanol–water partition coefficient (Wildman–Crippen LogP) is 4.38. The molecule has 0 spiro atoms. The smallest absolute Gasteiger partial charge is 0.259 e. The highest BCUT2D eigenvalue weighted by Gasteiger charge is 2.39. The number of halogens is 1. The second-order valence-corrected chi connectivity index (χ2v) is 9.39. The first kappa shape index (κ1) is 26.4. The molecule has 8 heteroatoms. The lowest BCUT2D eigenvalue weighted by Gasteiger charge is -2.35. The largest absolute Gasteiger partial charge is 0.496 e. The van der Waals surface area contributed by atoms with Gasteiger partial charge in [0, 0.05) is 11.8 Å². The lowest BCUT2D eigenvalue weighted by Crippen LogP contribution is -2.40. The number of Topliss-reactive ketones (excluding diaryl/α,β-unsaturated/α-hetero) is 1. The molecule has 180 valence electrons. The van der Waals surface area contributed by atoms with E-state index in [0.717, 1.165) is 32.1 Å². The van der Waals surface area contributed by atoms with Crippen LogP contribution in [0.15, 0.2) is 16.9 Å². The maximum Gasteiger partial charge on any atom is 0.259 e. The number of unbranched alkanes of at least 4 members (excludes halogenated alkanes) is 8. The maximum absolute atomic E-state index is 12.6. The molecule has 7 nitrogen and oxygen atoms in total. The summed E-state index contributed by atoms with van der Waals surface area (Å²) in [5.41, 5.74) is 2.64. The summed E-state index contributed by atoms with van der Waals surface area (Å²) >= 11 is 6.18. The molecule has 3 unspecified atom stereocenters. The number of ketones is 1. The topological polar surface area (TPSA) is 96.9 Å². The number of carbonyl (C=O) groups excluding carboxylic acids is 3. The van der Waals surface area contributed by atoms with Crippen LogP contribution >= 0.6 is 11.6 Å². The summed E-state index contributed by atoms with van der Waals surface area (Å²) < 4.78 is 5.63. The van der Waals surface area contributed by atoms with Gasteiger partial charge >= 0.3 is 0 Å². The zero-order valence-corrected chi connectivity index (χ0v) is 20.0. The van der Waals surface area contributed by atoms with Gasteiger partial charge in [-0.1, -0.05) is 58.3 Å². The Labute approximate surface area is 196 Å². The van der Waals surface area contributed by atoms with Crippen molar-refractivity contribution in [2.24, 2.45) is 11.0 Å². The summed E-state index contributed by atoms with van der Waals surface area (Å²) in [7, 11) is 0. The maximum atomic E-state index is 12.6. The fourth-order valence-corrected chi connectivity index (χ4v) is 4.45. The summed E-state index contributed by atoms with van der Waals surface area (Å²) in [4.78, 5) is 36.3. The van der Waals surface area contributed by atoms with Gasteiger partial charge in [-0.25, -0.2) is 5.43 Å². The average molecular weight is 468 g/mol. The van der Waals surface area contributed by atoms with Crippen LogP contribution in [0.2, 0.25) is 0 Å². The second kappa shape index (κ2) is 15.0. The van der Waals surface area contributed by atoms with Crippen LogP contribution in [0.1, 0.15) is 90.4 Å². The Bertz CT molecular complexity index is 680. The number of allylic oxidation sites excluding steroid dienone is 1. The van der Waals surface area contributed by atoms with Crippen LogP contribution < -0.4 is 10.7 Å². The van der Waals surface area contributed by atoms with Crippen LogP contribution in [0.4, 0.5) is 0 Å². The van der Waals surface area contributed by atoms with Crippen molar-refractivity contribution in [1.82, 2.24) is 10.7 Å². The molecule has 2 rings (SSSR count). The Kier molecular flexibility index (Phi) is 12.4. The van der Waals surface area contributed by atoms with E-state index in [9.17, 15) is 14.4 Å². The minimum atomic E-state index is -0.442. The lowest BCUT2D eigenvalue weighted by atomic mass is 9.80. The molecule has 2 N–H and O–H groups in total. The molecule has 2 amide bonds. The minimum Gasteiger partial charge on any atom is -0.496 e. The number of carbonyl (C=O) groups is 3. The molecule has 0 saturated heterocycles. The SMILES string of the molecule is CCCCCCCCCCCC(=O)NCC(=O)N/N=C/C1=COC2CCC(Cl)CC2C1=O. The highest BCUT2D eigenvalue weighted by molar-refractivity contribution is 6.21. The van der Waals surface area contributed by atoms with Crippen molar-refractivity contribution < 1.29 is 19.1 Å². The third-order valence-corrected chi connectivity index (χ3v) is 6.46. The van der Waals surface area contributed by atoms with Crippen molar-refractivity contribution in [1.29, 1.82) is 0 Å². The lowest BCUT2D eigenvalue weighted by molar-refractivity contribution is -0.126. The molecule has 0 aromatic rings. The van der Waals surface area contributed by atoms with Gasteiger partial charge in [0.05, 0.1) is 30.5 Å². The van der Waals surface area contributed by atoms with Crippen LogP contribution in [0.3, 0.4) is 0 Å². The molecule has 0 aromatic heterocycles. The van der Waals surface area contributed by atoms with Crippen LogP contribution in [0, 0.1) is 5.92 Å². The Balaban J connectivity index is 1.54. The molecule has 0 bridgehead atoms. The van der Waals surface area contributed by atoms with Gasteiger partial charge in [0.25, 0.3) is 5.91 Å². The van der Waals surface area contributed by atoms with Gasteiger partial charge in [0.1, 0.15) is 6.10 Å². The first-order chi connectivity index (χ1) is 15.5. The molecule has 0 aromatic carbocycles. The number of hydrogen-bond donors (Lipinski definition) is 2. The Morgan fingerprint density at radius 3 is 2.50 bits per heavy atom. The number of amides is 2. The van der Waals surface area contributed by atoms with Gasteiger partial charge in [0.15, 0.2) is 5.78 Å². The minimum absolute atomic E-state index is 0.0149. The quantitative estimate of drug-likeness (QED) is 0.171. The molecule has 1 aliphatic heterocycles. The van der Waals surface area contributed by atoms with Crippen molar-refractivity contribution in [3.05, 3.63) is 11.8 Å². The Morgan fingerprint density at radius 2 is 1.78 bits per heavy atom. The van der Waals surface area contributed by atoms with E-state index in [1.807, 2.05) is 0 Å². The molecule has 32 heavy (non-hydrogen) atoms. The summed E-state index contributed by atoms with van der Waals surface area (Å²) in [5, 5.41) is 6.41. The summed E-state index contributed by atoms with van der Waals surface area (Å²) in [5.74, 6) is -0.889. The van der Waals surface area contributed by atoms with Gasteiger partial charge < -0.3 is 10.1 Å². The van der Waals surface area contributed by atoms with Crippen molar-refractivity contribution >= 4 is 35.4 Å². The number of alkyl halides is 1. The first-order valence-corrected chi connectivity index (χ1v) is 12.6. The average Bonchev–Trinajstić information content (AvgIpc) is 2.78. The van der Waals surface area contributed by atoms with E-state index in [0.29, 0.717) is 18.4 Å². The van der Waals surface area contributed by atoms with Crippen LogP contribution in [0.25, 0.3) is 0 Å². The highest BCUT2D eigenvalue weighted by atomic mass is 35.5. The highest BCUT2D eigenvalue weighted by Crippen LogP contribution is 2.34. The molecular weight excluding hydrogens is 430 g/mol. The van der Waals surface area contributed by atoms with E-state index >= 15 is 0 Å². The van der Waals surface area contributed by atoms with Crippen molar-refractivity contribution in [2.75, 3.05) is 6.54 Å². The molecule has 1 heterocycles. The Morgan fingerprint density at radius 1 is 1.09 bits per heavy atom.